The first kappa shape index (κ1) is 24.2. The summed E-state index contributed by atoms with van der Waals surface area (Å²) in [7, 11) is 0. The van der Waals surface area contributed by atoms with Gasteiger partial charge in [0.2, 0.25) is 0 Å². The highest BCUT2D eigenvalue weighted by molar-refractivity contribution is 8.21. The summed E-state index contributed by atoms with van der Waals surface area (Å²) < 4.78 is 0.368. The van der Waals surface area contributed by atoms with Crippen molar-refractivity contribution in [3.63, 3.8) is 0 Å². The van der Waals surface area contributed by atoms with Gasteiger partial charge >= 0.3 is 11.9 Å². The van der Waals surface area contributed by atoms with Gasteiger partial charge in [-0.15, -0.1) is 23.5 Å². The lowest BCUT2D eigenvalue weighted by Crippen LogP contribution is -2.38. The molecule has 176 valence electrons. The van der Waals surface area contributed by atoms with Gasteiger partial charge in [0.15, 0.2) is 0 Å². The number of thioether (sulfide) groups is 2. The van der Waals surface area contributed by atoms with Crippen molar-refractivity contribution in [2.75, 3.05) is 25.4 Å². The number of hydrogen-bond acceptors (Lipinski definition) is 5. The van der Waals surface area contributed by atoms with Crippen molar-refractivity contribution in [1.82, 2.24) is 4.90 Å². The fourth-order valence-corrected chi connectivity index (χ4v) is 8.97. The van der Waals surface area contributed by atoms with Gasteiger partial charge in [-0.2, -0.15) is 0 Å². The fraction of sp³-hybridized carbons (Fsp3) is 0.462. The van der Waals surface area contributed by atoms with Crippen LogP contribution in [0.15, 0.2) is 54.6 Å². The van der Waals surface area contributed by atoms with Crippen LogP contribution in [0.4, 0.5) is 0 Å². The third-order valence-electron chi connectivity index (χ3n) is 6.73. The second kappa shape index (κ2) is 11.0. The molecule has 2 heterocycles. The van der Waals surface area contributed by atoms with Crippen LogP contribution in [0.5, 0.6) is 0 Å². The SMILES string of the molecule is O=C(O)C(=O)O.c1ccc(CC2CCN(C[C@@H]3CS[C@]4(CCc5ccccc54)S3)CC2)cc1. The number of hydrogen-bond donors (Lipinski definition) is 2. The summed E-state index contributed by atoms with van der Waals surface area (Å²) in [6.45, 7) is 3.88. The predicted molar refractivity (Wildman–Crippen MR) is 135 cm³/mol. The molecule has 2 fully saturated rings. The first-order valence-electron chi connectivity index (χ1n) is 11.6. The average Bonchev–Trinajstić information content (AvgIpc) is 3.40. The molecule has 0 radical (unpaired) electrons. The summed E-state index contributed by atoms with van der Waals surface area (Å²) >= 11 is 4.51. The van der Waals surface area contributed by atoms with E-state index >= 15 is 0 Å². The summed E-state index contributed by atoms with van der Waals surface area (Å²) in [4.78, 5) is 20.9. The summed E-state index contributed by atoms with van der Waals surface area (Å²) in [6, 6.07) is 20.2. The van der Waals surface area contributed by atoms with Gasteiger partial charge in [0, 0.05) is 17.5 Å². The number of piperidine rings is 1. The average molecular weight is 486 g/mol. The molecule has 1 aliphatic carbocycles. The summed E-state index contributed by atoms with van der Waals surface area (Å²) in [6.07, 6.45) is 6.61. The molecule has 7 heteroatoms. The predicted octanol–water partition coefficient (Wildman–Crippen LogP) is 4.74. The maximum absolute atomic E-state index is 9.10. The zero-order valence-electron chi connectivity index (χ0n) is 18.7. The van der Waals surface area contributed by atoms with Crippen LogP contribution < -0.4 is 0 Å². The number of likely N-dealkylation sites (tertiary alicyclic amines) is 1. The van der Waals surface area contributed by atoms with Crippen molar-refractivity contribution in [1.29, 1.82) is 0 Å². The van der Waals surface area contributed by atoms with Crippen LogP contribution in [-0.4, -0.2) is 57.7 Å². The van der Waals surface area contributed by atoms with Crippen molar-refractivity contribution < 1.29 is 19.8 Å². The molecule has 0 bridgehead atoms. The van der Waals surface area contributed by atoms with Gasteiger partial charge in [0.05, 0.1) is 4.08 Å². The van der Waals surface area contributed by atoms with Gasteiger partial charge in [0.1, 0.15) is 0 Å². The first-order chi connectivity index (χ1) is 15.9. The second-order valence-corrected chi connectivity index (χ2v) is 12.2. The Bertz CT molecular complexity index is 950. The highest BCUT2D eigenvalue weighted by Gasteiger charge is 2.46. The molecule has 5 rings (SSSR count). The molecule has 5 nitrogen and oxygen atoms in total. The molecule has 0 saturated carbocycles. The Morgan fingerprint density at radius 2 is 1.64 bits per heavy atom. The summed E-state index contributed by atoms with van der Waals surface area (Å²) in [5.74, 6) is -1.45. The Balaban J connectivity index is 0.000000385. The molecule has 2 N–H and O–H groups in total. The molecule has 0 unspecified atom stereocenters. The minimum Gasteiger partial charge on any atom is -0.473 e. The van der Waals surface area contributed by atoms with E-state index in [9.17, 15) is 0 Å². The molecule has 2 atom stereocenters. The van der Waals surface area contributed by atoms with Crippen LogP contribution in [0.2, 0.25) is 0 Å². The fourth-order valence-electron chi connectivity index (χ4n) is 5.08. The number of carbonyl (C=O) groups is 2. The van der Waals surface area contributed by atoms with Gasteiger partial charge in [0.25, 0.3) is 0 Å². The maximum atomic E-state index is 9.10. The van der Waals surface area contributed by atoms with E-state index in [1.807, 2.05) is 0 Å². The molecule has 2 aromatic rings. The van der Waals surface area contributed by atoms with Crippen LogP contribution in [0.25, 0.3) is 0 Å². The zero-order valence-corrected chi connectivity index (χ0v) is 20.3. The first-order valence-corrected chi connectivity index (χ1v) is 13.4. The van der Waals surface area contributed by atoms with E-state index in [1.165, 1.54) is 63.1 Å². The van der Waals surface area contributed by atoms with E-state index in [1.54, 1.807) is 11.1 Å². The Labute approximate surface area is 204 Å². The van der Waals surface area contributed by atoms with E-state index in [4.69, 9.17) is 19.8 Å². The third kappa shape index (κ3) is 6.14. The molecule has 2 aromatic carbocycles. The van der Waals surface area contributed by atoms with Gasteiger partial charge < -0.3 is 15.1 Å². The van der Waals surface area contributed by atoms with Gasteiger partial charge in [-0.05, 0) is 67.8 Å². The topological polar surface area (TPSA) is 77.8 Å². The van der Waals surface area contributed by atoms with Crippen molar-refractivity contribution in [3.8, 4) is 0 Å². The lowest BCUT2D eigenvalue weighted by Gasteiger charge is -2.33. The highest BCUT2D eigenvalue weighted by atomic mass is 32.2. The van der Waals surface area contributed by atoms with Crippen molar-refractivity contribution in [2.45, 2.75) is 41.4 Å². The molecule has 0 amide bonds. The molecular weight excluding hydrogens is 454 g/mol. The molecule has 3 aliphatic rings. The number of aryl methyl sites for hydroxylation is 1. The monoisotopic (exact) mass is 485 g/mol. The van der Waals surface area contributed by atoms with Crippen LogP contribution in [0.1, 0.15) is 36.0 Å². The van der Waals surface area contributed by atoms with Crippen LogP contribution >= 0.6 is 23.5 Å². The summed E-state index contributed by atoms with van der Waals surface area (Å²) in [5, 5.41) is 15.6. The van der Waals surface area contributed by atoms with E-state index in [-0.39, 0.29) is 0 Å². The Morgan fingerprint density at radius 1 is 0.970 bits per heavy atom. The minimum absolute atomic E-state index is 0.368. The molecule has 2 aliphatic heterocycles. The number of rotatable bonds is 4. The Kier molecular flexibility index (Phi) is 8.04. The number of carboxylic acid groups (broad SMARTS) is 2. The molecule has 33 heavy (non-hydrogen) atoms. The van der Waals surface area contributed by atoms with Gasteiger partial charge in [-0.3, -0.25) is 0 Å². The quantitative estimate of drug-likeness (QED) is 0.606. The maximum Gasteiger partial charge on any atom is 0.414 e. The number of nitrogens with zero attached hydrogens (tertiary/aromatic N) is 1. The van der Waals surface area contributed by atoms with Gasteiger partial charge in [-0.1, -0.05) is 54.6 Å². The lowest BCUT2D eigenvalue weighted by atomic mass is 9.90. The highest BCUT2D eigenvalue weighted by Crippen LogP contribution is 2.61. The Hall–Kier alpha value is -1.96. The number of aliphatic carboxylic acids is 2. The van der Waals surface area contributed by atoms with E-state index in [0.717, 1.165) is 11.2 Å². The van der Waals surface area contributed by atoms with Crippen molar-refractivity contribution in [2.24, 2.45) is 5.92 Å². The lowest BCUT2D eigenvalue weighted by molar-refractivity contribution is -0.159. The van der Waals surface area contributed by atoms with Crippen LogP contribution in [-0.2, 0) is 26.5 Å². The smallest absolute Gasteiger partial charge is 0.414 e. The standard InChI is InChI=1S/C24H29NS2.C2H2O4/c1-2-6-19(7-3-1)16-20-11-14-25(15-12-20)17-22-18-26-24(27-22)13-10-21-8-4-5-9-23(21)24;3-1(4)2(5)6/h1-9,20,22H,10-18H2;(H,3,4)(H,5,6)/t22-,24-;/m1./s1. The van der Waals surface area contributed by atoms with E-state index < -0.39 is 11.9 Å². The molecular formula is C26H31NO4S2. The van der Waals surface area contributed by atoms with Crippen LogP contribution in [0.3, 0.4) is 0 Å². The normalized spacial score (nSPS) is 24.8. The van der Waals surface area contributed by atoms with E-state index in [2.05, 4.69) is 83.0 Å². The van der Waals surface area contributed by atoms with Crippen molar-refractivity contribution in [3.05, 3.63) is 71.3 Å². The Morgan fingerprint density at radius 3 is 2.33 bits per heavy atom. The molecule has 2 saturated heterocycles. The molecule has 1 spiro atoms. The van der Waals surface area contributed by atoms with Crippen molar-refractivity contribution >= 4 is 35.5 Å². The molecule has 0 aromatic heterocycles. The zero-order chi connectivity index (χ0) is 23.3. The summed E-state index contributed by atoms with van der Waals surface area (Å²) in [5.41, 5.74) is 4.74. The minimum atomic E-state index is -1.82. The number of fused-ring (bicyclic) bond motifs is 2. The number of benzene rings is 2. The van der Waals surface area contributed by atoms with Gasteiger partial charge in [-0.25, -0.2) is 9.59 Å². The van der Waals surface area contributed by atoms with E-state index in [0.29, 0.717) is 4.08 Å². The largest absolute Gasteiger partial charge is 0.473 e. The third-order valence-corrected chi connectivity index (χ3v) is 10.5. The second-order valence-electron chi connectivity index (χ2n) is 9.00. The number of carboxylic acids is 2. The van der Waals surface area contributed by atoms with Crippen LogP contribution in [0, 0.1) is 5.92 Å².